The zero-order chi connectivity index (χ0) is 12.4. The lowest BCUT2D eigenvalue weighted by Gasteiger charge is -2.43. The van der Waals surface area contributed by atoms with Crippen LogP contribution in [-0.2, 0) is 6.42 Å². The molecule has 2 atom stereocenters. The van der Waals surface area contributed by atoms with Crippen molar-refractivity contribution in [3.05, 3.63) is 35.4 Å². The number of benzene rings is 1. The predicted molar refractivity (Wildman–Crippen MR) is 74.5 cm³/mol. The Labute approximate surface area is 109 Å². The summed E-state index contributed by atoms with van der Waals surface area (Å²) in [6.45, 7) is 4.13. The molecule has 0 amide bonds. The van der Waals surface area contributed by atoms with Crippen molar-refractivity contribution in [2.45, 2.75) is 31.3 Å². The number of hydrogen-bond donors (Lipinski definition) is 2. The molecule has 2 aliphatic rings. The number of rotatable bonds is 3. The number of nitrogens with zero attached hydrogens (tertiary/aromatic N) is 1. The highest BCUT2D eigenvalue weighted by molar-refractivity contribution is 5.33. The van der Waals surface area contributed by atoms with Gasteiger partial charge >= 0.3 is 0 Å². The third kappa shape index (κ3) is 2.30. The standard InChI is InChI=1S/C15H23N3/c16-7-8-17-13-6-10-18-9-5-12-3-1-2-4-14(12)15(18)11-13/h1-4,13,15,17H,5-11,16H2/t13-,15+/m1/s1. The molecule has 98 valence electrons. The second kappa shape index (κ2) is 5.39. The fourth-order valence-electron chi connectivity index (χ4n) is 3.43. The molecular weight excluding hydrogens is 222 g/mol. The normalized spacial score (nSPS) is 27.6. The molecule has 3 heteroatoms. The second-order valence-electron chi connectivity index (χ2n) is 5.46. The van der Waals surface area contributed by atoms with Crippen LogP contribution in [0.1, 0.15) is 30.0 Å². The summed E-state index contributed by atoms with van der Waals surface area (Å²) < 4.78 is 0. The van der Waals surface area contributed by atoms with E-state index in [1.165, 1.54) is 32.4 Å². The zero-order valence-electron chi connectivity index (χ0n) is 10.9. The Morgan fingerprint density at radius 3 is 3.06 bits per heavy atom. The third-order valence-electron chi connectivity index (χ3n) is 4.37. The van der Waals surface area contributed by atoms with E-state index < -0.39 is 0 Å². The van der Waals surface area contributed by atoms with Crippen molar-refractivity contribution < 1.29 is 0 Å². The summed E-state index contributed by atoms with van der Waals surface area (Å²) in [5, 5.41) is 3.58. The van der Waals surface area contributed by atoms with Crippen LogP contribution < -0.4 is 11.1 Å². The number of nitrogens with one attached hydrogen (secondary N) is 1. The minimum absolute atomic E-state index is 0.624. The summed E-state index contributed by atoms with van der Waals surface area (Å²) in [6, 6.07) is 10.2. The van der Waals surface area contributed by atoms with Gasteiger partial charge in [0, 0.05) is 38.3 Å². The first-order valence-electron chi connectivity index (χ1n) is 7.14. The molecular formula is C15H23N3. The molecule has 1 aromatic carbocycles. The number of nitrogens with two attached hydrogens (primary N) is 1. The molecule has 0 saturated carbocycles. The maximum atomic E-state index is 5.58. The van der Waals surface area contributed by atoms with Crippen LogP contribution in [0, 0.1) is 0 Å². The Morgan fingerprint density at radius 2 is 2.17 bits per heavy atom. The average Bonchev–Trinajstić information content (AvgIpc) is 2.45. The Balaban J connectivity index is 1.75. The van der Waals surface area contributed by atoms with Crippen molar-refractivity contribution in [2.24, 2.45) is 5.73 Å². The first kappa shape index (κ1) is 12.2. The highest BCUT2D eigenvalue weighted by atomic mass is 15.2. The first-order chi connectivity index (χ1) is 8.88. The van der Waals surface area contributed by atoms with Crippen LogP contribution in [0.15, 0.2) is 24.3 Å². The quantitative estimate of drug-likeness (QED) is 0.843. The molecule has 3 N–H and O–H groups in total. The molecule has 0 spiro atoms. The highest BCUT2D eigenvalue weighted by Gasteiger charge is 2.32. The van der Waals surface area contributed by atoms with Gasteiger partial charge < -0.3 is 11.1 Å². The minimum atomic E-state index is 0.624. The molecule has 0 bridgehead atoms. The highest BCUT2D eigenvalue weighted by Crippen LogP contribution is 2.36. The van der Waals surface area contributed by atoms with Crippen molar-refractivity contribution in [3.8, 4) is 0 Å². The number of piperidine rings is 1. The Morgan fingerprint density at radius 1 is 1.28 bits per heavy atom. The Kier molecular flexibility index (Phi) is 3.64. The summed E-state index contributed by atoms with van der Waals surface area (Å²) in [7, 11) is 0. The SMILES string of the molecule is NCCN[C@@H]1CCN2CCc3ccccc3[C@@H]2C1. The van der Waals surface area contributed by atoms with Crippen molar-refractivity contribution in [1.29, 1.82) is 0 Å². The largest absolute Gasteiger partial charge is 0.329 e. The van der Waals surface area contributed by atoms with Gasteiger partial charge in [0.1, 0.15) is 0 Å². The van der Waals surface area contributed by atoms with Crippen LogP contribution in [0.4, 0.5) is 0 Å². The lowest BCUT2D eigenvalue weighted by atomic mass is 9.85. The fourth-order valence-corrected chi connectivity index (χ4v) is 3.43. The van der Waals surface area contributed by atoms with E-state index in [1.807, 2.05) is 0 Å². The molecule has 0 radical (unpaired) electrons. The minimum Gasteiger partial charge on any atom is -0.329 e. The summed E-state index contributed by atoms with van der Waals surface area (Å²) in [5.74, 6) is 0. The lowest BCUT2D eigenvalue weighted by Crippen LogP contribution is -2.47. The van der Waals surface area contributed by atoms with Gasteiger partial charge in [-0.25, -0.2) is 0 Å². The van der Waals surface area contributed by atoms with E-state index in [4.69, 9.17) is 5.73 Å². The molecule has 2 aliphatic heterocycles. The van der Waals surface area contributed by atoms with Crippen molar-refractivity contribution in [3.63, 3.8) is 0 Å². The van der Waals surface area contributed by atoms with E-state index in [0.29, 0.717) is 12.1 Å². The van der Waals surface area contributed by atoms with Gasteiger partial charge in [-0.05, 0) is 30.4 Å². The van der Waals surface area contributed by atoms with E-state index in [0.717, 1.165) is 13.1 Å². The summed E-state index contributed by atoms with van der Waals surface area (Å²) in [6.07, 6.45) is 3.71. The maximum absolute atomic E-state index is 5.58. The third-order valence-corrected chi connectivity index (χ3v) is 4.37. The summed E-state index contributed by atoms with van der Waals surface area (Å²) in [5.41, 5.74) is 8.69. The molecule has 1 fully saturated rings. The van der Waals surface area contributed by atoms with E-state index >= 15 is 0 Å². The van der Waals surface area contributed by atoms with Gasteiger partial charge in [-0.1, -0.05) is 24.3 Å². The molecule has 3 nitrogen and oxygen atoms in total. The average molecular weight is 245 g/mol. The van der Waals surface area contributed by atoms with E-state index in [2.05, 4.69) is 34.5 Å². The molecule has 2 heterocycles. The summed E-state index contributed by atoms with van der Waals surface area (Å²) >= 11 is 0. The van der Waals surface area contributed by atoms with Crippen LogP contribution in [0.2, 0.25) is 0 Å². The van der Waals surface area contributed by atoms with Crippen LogP contribution in [0.25, 0.3) is 0 Å². The van der Waals surface area contributed by atoms with Crippen LogP contribution in [0.5, 0.6) is 0 Å². The molecule has 0 aliphatic carbocycles. The Bertz CT molecular complexity index is 404. The number of hydrogen-bond acceptors (Lipinski definition) is 3. The van der Waals surface area contributed by atoms with E-state index in [-0.39, 0.29) is 0 Å². The molecule has 18 heavy (non-hydrogen) atoms. The number of fused-ring (bicyclic) bond motifs is 3. The Hall–Kier alpha value is -0.900. The van der Waals surface area contributed by atoms with E-state index in [1.54, 1.807) is 11.1 Å². The molecule has 3 rings (SSSR count). The summed E-state index contributed by atoms with van der Waals surface area (Å²) in [4.78, 5) is 2.66. The molecule has 0 unspecified atom stereocenters. The van der Waals surface area contributed by atoms with E-state index in [9.17, 15) is 0 Å². The predicted octanol–water partition coefficient (Wildman–Crippen LogP) is 1.30. The van der Waals surface area contributed by atoms with Crippen molar-refractivity contribution >= 4 is 0 Å². The fraction of sp³-hybridized carbons (Fsp3) is 0.600. The van der Waals surface area contributed by atoms with Gasteiger partial charge in [-0.3, -0.25) is 4.90 Å². The molecule has 1 aromatic rings. The zero-order valence-corrected chi connectivity index (χ0v) is 10.9. The van der Waals surface area contributed by atoms with Gasteiger partial charge in [-0.2, -0.15) is 0 Å². The smallest absolute Gasteiger partial charge is 0.0365 e. The van der Waals surface area contributed by atoms with Crippen molar-refractivity contribution in [1.82, 2.24) is 10.2 Å². The molecule has 1 saturated heterocycles. The van der Waals surface area contributed by atoms with Crippen LogP contribution in [0.3, 0.4) is 0 Å². The first-order valence-corrected chi connectivity index (χ1v) is 7.14. The van der Waals surface area contributed by atoms with Gasteiger partial charge in [-0.15, -0.1) is 0 Å². The second-order valence-corrected chi connectivity index (χ2v) is 5.46. The van der Waals surface area contributed by atoms with Gasteiger partial charge in [0.15, 0.2) is 0 Å². The monoisotopic (exact) mass is 245 g/mol. The van der Waals surface area contributed by atoms with Gasteiger partial charge in [0.2, 0.25) is 0 Å². The maximum Gasteiger partial charge on any atom is 0.0365 e. The topological polar surface area (TPSA) is 41.3 Å². The van der Waals surface area contributed by atoms with Crippen LogP contribution >= 0.6 is 0 Å². The molecule has 0 aromatic heterocycles. The van der Waals surface area contributed by atoms with Crippen LogP contribution in [-0.4, -0.2) is 37.1 Å². The van der Waals surface area contributed by atoms with Gasteiger partial charge in [0.25, 0.3) is 0 Å². The lowest BCUT2D eigenvalue weighted by molar-refractivity contribution is 0.116. The van der Waals surface area contributed by atoms with Crippen molar-refractivity contribution in [2.75, 3.05) is 26.2 Å². The van der Waals surface area contributed by atoms with Gasteiger partial charge in [0.05, 0.1) is 0 Å².